The van der Waals surface area contributed by atoms with Crippen molar-refractivity contribution in [2.24, 2.45) is 11.7 Å². The number of nitrogens with zero attached hydrogens (tertiary/aromatic N) is 3. The van der Waals surface area contributed by atoms with Crippen LogP contribution in [-0.2, 0) is 4.79 Å². The summed E-state index contributed by atoms with van der Waals surface area (Å²) in [6.07, 6.45) is 0.451. The summed E-state index contributed by atoms with van der Waals surface area (Å²) >= 11 is 6.12. The van der Waals surface area contributed by atoms with Gasteiger partial charge >= 0.3 is 0 Å². The van der Waals surface area contributed by atoms with Crippen LogP contribution in [-0.4, -0.2) is 34.2 Å². The predicted molar refractivity (Wildman–Crippen MR) is 76.3 cm³/mol. The highest BCUT2D eigenvalue weighted by Crippen LogP contribution is 2.27. The van der Waals surface area contributed by atoms with Crippen LogP contribution in [0.4, 0.5) is 5.95 Å². The highest BCUT2D eigenvalue weighted by atomic mass is 35.5. The maximum Gasteiger partial charge on any atom is 0.251 e. The number of hydrogen-bond acceptors (Lipinski definition) is 4. The Morgan fingerprint density at radius 1 is 1.45 bits per heavy atom. The fourth-order valence-electron chi connectivity index (χ4n) is 2.28. The van der Waals surface area contributed by atoms with E-state index in [9.17, 15) is 4.79 Å². The zero-order chi connectivity index (χ0) is 14.1. The summed E-state index contributed by atoms with van der Waals surface area (Å²) in [4.78, 5) is 17.8. The van der Waals surface area contributed by atoms with E-state index in [4.69, 9.17) is 17.3 Å². The van der Waals surface area contributed by atoms with Gasteiger partial charge < -0.3 is 5.73 Å². The molecule has 1 saturated heterocycles. The number of benzene rings is 1. The summed E-state index contributed by atoms with van der Waals surface area (Å²) in [5.74, 6) is 1.10. The van der Waals surface area contributed by atoms with Gasteiger partial charge in [-0.15, -0.1) is 5.10 Å². The molecule has 104 valence electrons. The van der Waals surface area contributed by atoms with Crippen LogP contribution in [0.5, 0.6) is 0 Å². The third kappa shape index (κ3) is 2.28. The van der Waals surface area contributed by atoms with Gasteiger partial charge in [-0.1, -0.05) is 23.7 Å². The van der Waals surface area contributed by atoms with Crippen LogP contribution in [0.15, 0.2) is 24.3 Å². The molecule has 0 spiro atoms. The van der Waals surface area contributed by atoms with E-state index in [-0.39, 0.29) is 11.8 Å². The van der Waals surface area contributed by atoms with Crippen molar-refractivity contribution in [1.29, 1.82) is 0 Å². The summed E-state index contributed by atoms with van der Waals surface area (Å²) in [7, 11) is 0. The second kappa shape index (κ2) is 5.22. The molecular formula is C13H14ClN5O. The molecule has 2 aromatic rings. The van der Waals surface area contributed by atoms with E-state index in [1.165, 1.54) is 0 Å². The van der Waals surface area contributed by atoms with Crippen molar-refractivity contribution in [2.45, 2.75) is 6.42 Å². The Balaban J connectivity index is 1.88. The fourth-order valence-corrected chi connectivity index (χ4v) is 2.51. The lowest BCUT2D eigenvalue weighted by Gasteiger charge is -2.10. The minimum Gasteiger partial charge on any atom is -0.330 e. The number of carbonyl (C=O) groups excluding carboxylic acids is 1. The first-order valence-electron chi connectivity index (χ1n) is 6.36. The molecule has 6 nitrogen and oxygen atoms in total. The normalized spacial score (nSPS) is 18.8. The first-order chi connectivity index (χ1) is 9.69. The van der Waals surface area contributed by atoms with E-state index in [2.05, 4.69) is 15.2 Å². The van der Waals surface area contributed by atoms with E-state index in [0.717, 1.165) is 5.56 Å². The van der Waals surface area contributed by atoms with E-state index in [1.54, 1.807) is 11.0 Å². The van der Waals surface area contributed by atoms with E-state index < -0.39 is 0 Å². The van der Waals surface area contributed by atoms with Gasteiger partial charge in [-0.25, -0.2) is 0 Å². The van der Waals surface area contributed by atoms with Crippen molar-refractivity contribution < 1.29 is 4.79 Å². The minimum absolute atomic E-state index is 0.00478. The quantitative estimate of drug-likeness (QED) is 0.895. The number of nitrogens with one attached hydrogen (secondary N) is 1. The van der Waals surface area contributed by atoms with Crippen LogP contribution < -0.4 is 10.6 Å². The third-order valence-corrected chi connectivity index (χ3v) is 3.71. The van der Waals surface area contributed by atoms with E-state index in [1.807, 2.05) is 18.2 Å². The van der Waals surface area contributed by atoms with Gasteiger partial charge in [0.25, 0.3) is 5.95 Å². The average molecular weight is 292 g/mol. The Hall–Kier alpha value is -1.92. The van der Waals surface area contributed by atoms with E-state index in [0.29, 0.717) is 36.3 Å². The number of hydrogen-bond donors (Lipinski definition) is 2. The molecule has 20 heavy (non-hydrogen) atoms. The maximum absolute atomic E-state index is 11.9. The Morgan fingerprint density at radius 2 is 2.25 bits per heavy atom. The molecule has 0 radical (unpaired) electrons. The summed E-state index contributed by atoms with van der Waals surface area (Å²) in [6, 6.07) is 7.35. The van der Waals surface area contributed by atoms with Crippen molar-refractivity contribution in [3.8, 4) is 11.4 Å². The van der Waals surface area contributed by atoms with Crippen molar-refractivity contribution in [2.75, 3.05) is 18.0 Å². The molecule has 0 bridgehead atoms. The molecule has 3 N–H and O–H groups in total. The lowest BCUT2D eigenvalue weighted by atomic mass is 10.1. The van der Waals surface area contributed by atoms with Gasteiger partial charge in [0.05, 0.1) is 5.02 Å². The lowest BCUT2D eigenvalue weighted by Crippen LogP contribution is -2.26. The first-order valence-corrected chi connectivity index (χ1v) is 6.74. The standard InChI is InChI=1S/C13H14ClN5O/c14-10-4-2-1-3-9(10)12-16-13(18-17-12)19-7-8(6-15)5-11(19)20/h1-4,8H,5-7,15H2,(H,16,17,18). The molecule has 1 aliphatic rings. The summed E-state index contributed by atoms with van der Waals surface area (Å²) < 4.78 is 0. The molecule has 7 heteroatoms. The molecule has 1 aromatic heterocycles. The van der Waals surface area contributed by atoms with Gasteiger partial charge in [0, 0.05) is 18.5 Å². The maximum atomic E-state index is 11.9. The van der Waals surface area contributed by atoms with Crippen LogP contribution >= 0.6 is 11.6 Å². The molecule has 2 heterocycles. The molecule has 0 saturated carbocycles. The summed E-state index contributed by atoms with van der Waals surface area (Å²) in [5, 5.41) is 7.51. The Bertz CT molecular complexity index is 641. The predicted octanol–water partition coefficient (Wildman–Crippen LogP) is 1.44. The molecule has 1 aliphatic heterocycles. The van der Waals surface area contributed by atoms with Crippen LogP contribution in [0.2, 0.25) is 5.02 Å². The molecule has 3 rings (SSSR count). The molecule has 1 aromatic carbocycles. The fraction of sp³-hybridized carbons (Fsp3) is 0.308. The third-order valence-electron chi connectivity index (χ3n) is 3.38. The molecule has 1 amide bonds. The summed E-state index contributed by atoms with van der Waals surface area (Å²) in [5.41, 5.74) is 6.37. The smallest absolute Gasteiger partial charge is 0.251 e. The highest BCUT2D eigenvalue weighted by Gasteiger charge is 2.32. The number of rotatable bonds is 3. The number of carbonyl (C=O) groups is 1. The SMILES string of the molecule is NCC1CC(=O)N(c2n[nH]c(-c3ccccc3Cl)n2)C1. The van der Waals surface area contributed by atoms with Gasteiger partial charge in [-0.05, 0) is 24.6 Å². The highest BCUT2D eigenvalue weighted by molar-refractivity contribution is 6.33. The topological polar surface area (TPSA) is 87.9 Å². The van der Waals surface area contributed by atoms with Crippen molar-refractivity contribution in [3.63, 3.8) is 0 Å². The number of aromatic amines is 1. The van der Waals surface area contributed by atoms with Crippen LogP contribution in [0.3, 0.4) is 0 Å². The second-order valence-corrected chi connectivity index (χ2v) is 5.18. The Kier molecular flexibility index (Phi) is 3.42. The minimum atomic E-state index is 0.00478. The number of aromatic nitrogens is 3. The zero-order valence-electron chi connectivity index (χ0n) is 10.7. The number of nitrogens with two attached hydrogens (primary N) is 1. The number of anilines is 1. The molecule has 1 unspecified atom stereocenters. The van der Waals surface area contributed by atoms with Gasteiger partial charge in [0.15, 0.2) is 5.82 Å². The van der Waals surface area contributed by atoms with Crippen molar-refractivity contribution >= 4 is 23.5 Å². The number of amides is 1. The van der Waals surface area contributed by atoms with Gasteiger partial charge in [-0.2, -0.15) is 4.98 Å². The van der Waals surface area contributed by atoms with Gasteiger partial charge in [-0.3, -0.25) is 14.8 Å². The van der Waals surface area contributed by atoms with Crippen molar-refractivity contribution in [1.82, 2.24) is 15.2 Å². The van der Waals surface area contributed by atoms with Crippen LogP contribution in [0, 0.1) is 5.92 Å². The number of halogens is 1. The number of H-pyrrole nitrogens is 1. The first kappa shape index (κ1) is 13.1. The monoisotopic (exact) mass is 291 g/mol. The van der Waals surface area contributed by atoms with Gasteiger partial charge in [0.1, 0.15) is 0 Å². The Morgan fingerprint density at radius 3 is 2.95 bits per heavy atom. The second-order valence-electron chi connectivity index (χ2n) is 4.77. The van der Waals surface area contributed by atoms with Crippen LogP contribution in [0.1, 0.15) is 6.42 Å². The molecule has 1 fully saturated rings. The Labute approximate surface area is 120 Å². The summed E-state index contributed by atoms with van der Waals surface area (Å²) in [6.45, 7) is 1.05. The van der Waals surface area contributed by atoms with Crippen molar-refractivity contribution in [3.05, 3.63) is 29.3 Å². The molecule has 0 aliphatic carbocycles. The molecule has 1 atom stereocenters. The zero-order valence-corrected chi connectivity index (χ0v) is 11.5. The lowest BCUT2D eigenvalue weighted by molar-refractivity contribution is -0.117. The largest absolute Gasteiger partial charge is 0.330 e. The molecular weight excluding hydrogens is 278 g/mol. The van der Waals surface area contributed by atoms with E-state index >= 15 is 0 Å². The van der Waals surface area contributed by atoms with Gasteiger partial charge in [0.2, 0.25) is 5.91 Å². The van der Waals surface area contributed by atoms with Crippen LogP contribution in [0.25, 0.3) is 11.4 Å². The average Bonchev–Trinajstić information content (AvgIpc) is 3.05.